The molecule has 0 N–H and O–H groups in total. The Labute approximate surface area is 239 Å². The Morgan fingerprint density at radius 2 is 1.82 bits per heavy atom. The third-order valence-electron chi connectivity index (χ3n) is 8.67. The molecule has 2 amide bonds. The number of nitrogens with zero attached hydrogens (tertiary/aromatic N) is 6. The summed E-state index contributed by atoms with van der Waals surface area (Å²) in [6, 6.07) is 11.4. The third-order valence-corrected chi connectivity index (χ3v) is 9.31. The van der Waals surface area contributed by atoms with Gasteiger partial charge < -0.3 is 9.80 Å². The molecule has 4 aliphatic rings. The number of hydrogen-bond acceptors (Lipinski definition) is 5. The van der Waals surface area contributed by atoms with Crippen LogP contribution in [0.15, 0.2) is 63.5 Å². The first-order valence-corrected chi connectivity index (χ1v) is 14.5. The van der Waals surface area contributed by atoms with Crippen molar-refractivity contribution in [3.8, 4) is 5.69 Å². The van der Waals surface area contributed by atoms with Gasteiger partial charge >= 0.3 is 0 Å². The highest BCUT2D eigenvalue weighted by Crippen LogP contribution is 2.41. The van der Waals surface area contributed by atoms with E-state index in [2.05, 4.69) is 56.8 Å². The standard InChI is InChI=1S/C30H28BrFN6O2/c1-2-25(39)36-14-22(32)29-26-23(38(35-29)19-8-6-18(7-9-19)17-4-3-5-17)12-13-37(24(26)15-36)30(40)20-10-11-21(31)28-27(20)33-16-34-28/h2,6-11,17,22,24H,1,3-5,12-16H2. The van der Waals surface area contributed by atoms with Crippen molar-refractivity contribution < 1.29 is 14.0 Å². The van der Waals surface area contributed by atoms with Crippen molar-refractivity contribution in [2.24, 2.45) is 9.98 Å². The summed E-state index contributed by atoms with van der Waals surface area (Å²) in [4.78, 5) is 38.9. The summed E-state index contributed by atoms with van der Waals surface area (Å²) in [5.74, 6) is 0.0334. The Hall–Kier alpha value is -3.66. The topological polar surface area (TPSA) is 83.2 Å². The first-order chi connectivity index (χ1) is 19.4. The van der Waals surface area contributed by atoms with Crippen LogP contribution in [-0.2, 0) is 11.2 Å². The second-order valence-electron chi connectivity index (χ2n) is 10.8. The van der Waals surface area contributed by atoms with E-state index >= 15 is 4.39 Å². The van der Waals surface area contributed by atoms with Crippen LogP contribution in [0.3, 0.4) is 0 Å². The summed E-state index contributed by atoms with van der Waals surface area (Å²) in [5.41, 5.74) is 4.53. The first kappa shape index (κ1) is 25.3. The number of rotatable bonds is 4. The van der Waals surface area contributed by atoms with E-state index in [0.717, 1.165) is 15.9 Å². The van der Waals surface area contributed by atoms with Crippen molar-refractivity contribution >= 4 is 27.7 Å². The zero-order valence-corrected chi connectivity index (χ0v) is 23.5. The number of fused-ring (bicyclic) bond motifs is 1. The summed E-state index contributed by atoms with van der Waals surface area (Å²) in [6.07, 6.45) is 3.93. The van der Waals surface area contributed by atoms with Crippen molar-refractivity contribution in [1.82, 2.24) is 19.6 Å². The number of carbonyl (C=O) groups is 2. The van der Waals surface area contributed by atoms with Gasteiger partial charge in [-0.05, 0) is 70.6 Å². The van der Waals surface area contributed by atoms with Gasteiger partial charge in [-0.3, -0.25) is 19.6 Å². The maximum Gasteiger partial charge on any atom is 0.256 e. The van der Waals surface area contributed by atoms with Gasteiger partial charge in [0.1, 0.15) is 12.4 Å². The van der Waals surface area contributed by atoms with Gasteiger partial charge in [-0.1, -0.05) is 25.1 Å². The van der Waals surface area contributed by atoms with E-state index in [4.69, 9.17) is 5.10 Å². The van der Waals surface area contributed by atoms with E-state index in [1.807, 2.05) is 4.68 Å². The highest BCUT2D eigenvalue weighted by Gasteiger charge is 2.43. The van der Waals surface area contributed by atoms with E-state index in [-0.39, 0.29) is 31.6 Å². The molecule has 2 aromatic carbocycles. The lowest BCUT2D eigenvalue weighted by Gasteiger charge is -2.37. The molecule has 0 spiro atoms. The maximum absolute atomic E-state index is 15.9. The molecule has 1 aliphatic carbocycles. The zero-order valence-electron chi connectivity index (χ0n) is 21.9. The molecule has 8 nitrogen and oxygen atoms in total. The molecule has 2 atom stereocenters. The molecule has 2 unspecified atom stereocenters. The lowest BCUT2D eigenvalue weighted by molar-refractivity contribution is -0.127. The van der Waals surface area contributed by atoms with Gasteiger partial charge in [0.2, 0.25) is 5.91 Å². The lowest BCUT2D eigenvalue weighted by Crippen LogP contribution is -2.47. The number of halogens is 2. The highest BCUT2D eigenvalue weighted by molar-refractivity contribution is 9.10. The average molecular weight is 603 g/mol. The predicted molar refractivity (Wildman–Crippen MR) is 150 cm³/mol. The number of amides is 2. The molecular formula is C30H28BrFN6O2. The van der Waals surface area contributed by atoms with E-state index in [1.54, 1.807) is 17.0 Å². The second kappa shape index (κ2) is 9.76. The Kier molecular flexibility index (Phi) is 6.18. The van der Waals surface area contributed by atoms with Crippen LogP contribution in [-0.4, -0.2) is 57.7 Å². The van der Waals surface area contributed by atoms with Crippen LogP contribution in [0.1, 0.15) is 70.3 Å². The number of aromatic nitrogens is 2. The SMILES string of the molecule is C=CC(=O)N1CC(F)c2nn(-c3ccc(C4CCC4)cc3)c3c2C(C1)N(C(=O)c1ccc(Br)c2c1=NCN=2)CC3. The van der Waals surface area contributed by atoms with Crippen LogP contribution in [0.25, 0.3) is 5.69 Å². The molecule has 0 bridgehead atoms. The number of benzene rings is 2. The van der Waals surface area contributed by atoms with Crippen LogP contribution in [0.2, 0.25) is 0 Å². The lowest BCUT2D eigenvalue weighted by atomic mass is 9.80. The molecule has 1 aromatic heterocycles. The maximum atomic E-state index is 15.9. The number of carbonyl (C=O) groups excluding carboxylic acids is 2. The van der Waals surface area contributed by atoms with E-state index in [0.29, 0.717) is 46.4 Å². The molecular weight excluding hydrogens is 575 g/mol. The summed E-state index contributed by atoms with van der Waals surface area (Å²) >= 11 is 3.50. The van der Waals surface area contributed by atoms with Gasteiger partial charge in [0.25, 0.3) is 5.91 Å². The molecule has 10 heteroatoms. The van der Waals surface area contributed by atoms with Crippen LogP contribution < -0.4 is 10.7 Å². The monoisotopic (exact) mass is 602 g/mol. The van der Waals surface area contributed by atoms with Crippen molar-refractivity contribution in [2.75, 3.05) is 26.3 Å². The van der Waals surface area contributed by atoms with Gasteiger partial charge in [-0.2, -0.15) is 5.10 Å². The van der Waals surface area contributed by atoms with Crippen LogP contribution in [0, 0.1) is 0 Å². The molecule has 204 valence electrons. The minimum absolute atomic E-state index is 0.144. The van der Waals surface area contributed by atoms with Gasteiger partial charge in [-0.25, -0.2) is 9.07 Å². The van der Waals surface area contributed by atoms with E-state index < -0.39 is 12.2 Å². The fourth-order valence-corrected chi connectivity index (χ4v) is 6.82. The molecule has 1 fully saturated rings. The smallest absolute Gasteiger partial charge is 0.256 e. The molecule has 4 heterocycles. The van der Waals surface area contributed by atoms with Crippen LogP contribution >= 0.6 is 15.9 Å². The number of hydrogen-bond donors (Lipinski definition) is 0. The van der Waals surface area contributed by atoms with E-state index in [9.17, 15) is 9.59 Å². The van der Waals surface area contributed by atoms with E-state index in [1.165, 1.54) is 35.8 Å². The summed E-state index contributed by atoms with van der Waals surface area (Å²) in [7, 11) is 0. The first-order valence-electron chi connectivity index (χ1n) is 13.7. The Bertz CT molecular complexity index is 1680. The highest BCUT2D eigenvalue weighted by atomic mass is 79.9. The molecule has 1 saturated carbocycles. The summed E-state index contributed by atoms with van der Waals surface area (Å²) in [5, 5.41) is 6.01. The Balaban J connectivity index is 1.32. The minimum Gasteiger partial charge on any atom is -0.333 e. The molecule has 0 saturated heterocycles. The summed E-state index contributed by atoms with van der Waals surface area (Å²) in [6.45, 7) is 4.29. The van der Waals surface area contributed by atoms with Gasteiger partial charge in [0.05, 0.1) is 40.2 Å². The largest absolute Gasteiger partial charge is 0.333 e. The van der Waals surface area contributed by atoms with Crippen molar-refractivity contribution in [3.63, 3.8) is 0 Å². The third kappa shape index (κ3) is 3.95. The van der Waals surface area contributed by atoms with Gasteiger partial charge in [0.15, 0.2) is 6.17 Å². The number of alkyl halides is 1. The second-order valence-corrected chi connectivity index (χ2v) is 11.7. The quantitative estimate of drug-likeness (QED) is 0.425. The van der Waals surface area contributed by atoms with Gasteiger partial charge in [-0.15, -0.1) is 0 Å². The zero-order chi connectivity index (χ0) is 27.5. The molecule has 40 heavy (non-hydrogen) atoms. The van der Waals surface area contributed by atoms with Crippen molar-refractivity contribution in [1.29, 1.82) is 0 Å². The predicted octanol–water partition coefficient (Wildman–Crippen LogP) is 3.89. The Morgan fingerprint density at radius 3 is 2.55 bits per heavy atom. The average Bonchev–Trinajstić information content (AvgIpc) is 3.55. The van der Waals surface area contributed by atoms with Crippen molar-refractivity contribution in [3.05, 3.63) is 92.3 Å². The van der Waals surface area contributed by atoms with Crippen molar-refractivity contribution in [2.45, 2.75) is 43.8 Å². The molecule has 7 rings (SSSR count). The summed E-state index contributed by atoms with van der Waals surface area (Å²) < 4.78 is 18.5. The van der Waals surface area contributed by atoms with Crippen LogP contribution in [0.5, 0.6) is 0 Å². The molecule has 3 aliphatic heterocycles. The van der Waals surface area contributed by atoms with Gasteiger partial charge in [0, 0.05) is 29.5 Å². The molecule has 3 aromatic rings. The Morgan fingerprint density at radius 1 is 1.05 bits per heavy atom. The fraction of sp³-hybridized carbons (Fsp3) is 0.367. The fourth-order valence-electron chi connectivity index (χ4n) is 6.37. The normalized spacial score (nSPS) is 21.4. The molecule has 0 radical (unpaired) electrons. The minimum atomic E-state index is -1.49. The van der Waals surface area contributed by atoms with Crippen LogP contribution in [0.4, 0.5) is 4.39 Å².